The van der Waals surface area contributed by atoms with Gasteiger partial charge in [-0.1, -0.05) is 18.2 Å². The highest BCUT2D eigenvalue weighted by atomic mass is 79.9. The molecule has 2 aromatic carbocycles. The number of pyridine rings is 1. The van der Waals surface area contributed by atoms with Crippen LogP contribution in [0.3, 0.4) is 0 Å². The molecule has 0 saturated heterocycles. The number of carbonyl (C=O) groups excluding carboxylic acids is 1. The third-order valence-corrected chi connectivity index (χ3v) is 6.26. The summed E-state index contributed by atoms with van der Waals surface area (Å²) in [6, 6.07) is 14.3. The van der Waals surface area contributed by atoms with Crippen molar-refractivity contribution in [3.63, 3.8) is 0 Å². The highest BCUT2D eigenvalue weighted by Crippen LogP contribution is 2.24. The van der Waals surface area contributed by atoms with E-state index in [0.29, 0.717) is 15.8 Å². The minimum absolute atomic E-state index is 0.0753. The van der Waals surface area contributed by atoms with Gasteiger partial charge in [0.1, 0.15) is 6.54 Å². The summed E-state index contributed by atoms with van der Waals surface area (Å²) in [7, 11) is -3.78. The zero-order valence-electron chi connectivity index (χ0n) is 16.3. The fourth-order valence-electron chi connectivity index (χ4n) is 2.87. The second-order valence-electron chi connectivity index (χ2n) is 6.76. The van der Waals surface area contributed by atoms with Crippen molar-refractivity contribution < 1.29 is 13.2 Å². The summed E-state index contributed by atoms with van der Waals surface area (Å²) in [6.45, 7) is 3.51. The smallest absolute Gasteiger partial charge is 0.261 e. The first kappa shape index (κ1) is 21.8. The zero-order valence-corrected chi connectivity index (χ0v) is 18.7. The Morgan fingerprint density at radius 2 is 1.63 bits per heavy atom. The van der Waals surface area contributed by atoms with E-state index >= 15 is 0 Å². The van der Waals surface area contributed by atoms with E-state index in [-0.39, 0.29) is 17.0 Å². The van der Waals surface area contributed by atoms with E-state index in [9.17, 15) is 18.0 Å². The van der Waals surface area contributed by atoms with Gasteiger partial charge in [0, 0.05) is 22.4 Å². The van der Waals surface area contributed by atoms with Crippen LogP contribution in [0.4, 0.5) is 11.4 Å². The fraction of sp³-hybridized carbons (Fsp3) is 0.143. The molecule has 3 rings (SSSR count). The van der Waals surface area contributed by atoms with Gasteiger partial charge < -0.3 is 9.88 Å². The Labute approximate surface area is 182 Å². The number of anilines is 2. The van der Waals surface area contributed by atoms with E-state index in [1.807, 2.05) is 32.0 Å². The molecule has 0 aliphatic rings. The van der Waals surface area contributed by atoms with Gasteiger partial charge in [0.05, 0.1) is 10.6 Å². The monoisotopic (exact) mass is 489 g/mol. The fourth-order valence-corrected chi connectivity index (χ4v) is 4.45. The molecule has 7 nitrogen and oxygen atoms in total. The summed E-state index contributed by atoms with van der Waals surface area (Å²) in [5.74, 6) is -0.403. The van der Waals surface area contributed by atoms with Gasteiger partial charge in [0.2, 0.25) is 5.91 Å². The molecule has 9 heteroatoms. The number of nitrogens with zero attached hydrogens (tertiary/aromatic N) is 1. The third kappa shape index (κ3) is 5.17. The van der Waals surface area contributed by atoms with Crippen LogP contribution in [0.15, 0.2) is 75.0 Å². The number of rotatable bonds is 6. The van der Waals surface area contributed by atoms with Gasteiger partial charge in [-0.3, -0.25) is 14.3 Å². The van der Waals surface area contributed by atoms with E-state index in [1.165, 1.54) is 41.1 Å². The number of hydrogen-bond acceptors (Lipinski definition) is 4. The van der Waals surface area contributed by atoms with Crippen molar-refractivity contribution in [1.82, 2.24) is 4.57 Å². The molecule has 1 aromatic heterocycles. The van der Waals surface area contributed by atoms with Gasteiger partial charge in [0.25, 0.3) is 15.6 Å². The Bertz CT molecular complexity index is 1230. The number of amides is 1. The predicted octanol–water partition coefficient (Wildman–Crippen LogP) is 3.67. The summed E-state index contributed by atoms with van der Waals surface area (Å²) in [5, 5.41) is 2.65. The standard InChI is InChI=1S/C21H20BrN3O4S/c1-14-4-3-5-15(2)21(14)24-30(28,29)18-9-7-17(8-10-18)23-19(26)13-25-12-16(22)6-11-20(25)27/h3-12,24H,13H2,1-2H3,(H,23,26). The first-order valence-corrected chi connectivity index (χ1v) is 11.3. The Morgan fingerprint density at radius 1 is 1.00 bits per heavy atom. The number of para-hydroxylation sites is 1. The van der Waals surface area contributed by atoms with Crippen LogP contribution < -0.4 is 15.6 Å². The summed E-state index contributed by atoms with van der Waals surface area (Å²) in [4.78, 5) is 24.1. The third-order valence-electron chi connectivity index (χ3n) is 4.43. The van der Waals surface area contributed by atoms with Gasteiger partial charge in [0.15, 0.2) is 0 Å². The van der Waals surface area contributed by atoms with Gasteiger partial charge in [-0.25, -0.2) is 8.42 Å². The van der Waals surface area contributed by atoms with Gasteiger partial charge >= 0.3 is 0 Å². The lowest BCUT2D eigenvalue weighted by Crippen LogP contribution is -2.26. The van der Waals surface area contributed by atoms with Crippen LogP contribution in [0.5, 0.6) is 0 Å². The molecule has 1 heterocycles. The second-order valence-corrected chi connectivity index (χ2v) is 9.36. The number of aryl methyl sites for hydroxylation is 2. The average Bonchev–Trinajstić information content (AvgIpc) is 2.68. The van der Waals surface area contributed by atoms with Crippen LogP contribution in [0.1, 0.15) is 11.1 Å². The lowest BCUT2D eigenvalue weighted by atomic mass is 10.1. The molecule has 156 valence electrons. The van der Waals surface area contributed by atoms with Crippen LogP contribution >= 0.6 is 15.9 Å². The lowest BCUT2D eigenvalue weighted by Gasteiger charge is -2.13. The second kappa shape index (κ2) is 8.85. The van der Waals surface area contributed by atoms with Crippen LogP contribution in [0.25, 0.3) is 0 Å². The molecule has 1 amide bonds. The van der Waals surface area contributed by atoms with Crippen molar-refractivity contribution in [3.8, 4) is 0 Å². The van der Waals surface area contributed by atoms with Gasteiger partial charge in [-0.15, -0.1) is 0 Å². The molecule has 0 spiro atoms. The van der Waals surface area contributed by atoms with Crippen LogP contribution in [0.2, 0.25) is 0 Å². The van der Waals surface area contributed by atoms with E-state index in [0.717, 1.165) is 11.1 Å². The molecule has 0 saturated carbocycles. The molecule has 0 unspecified atom stereocenters. The summed E-state index contributed by atoms with van der Waals surface area (Å²) in [6.07, 6.45) is 1.52. The highest BCUT2D eigenvalue weighted by molar-refractivity contribution is 9.10. The molecule has 0 fully saturated rings. The Hall–Kier alpha value is -2.91. The molecule has 0 bridgehead atoms. The predicted molar refractivity (Wildman–Crippen MR) is 120 cm³/mol. The van der Waals surface area contributed by atoms with Gasteiger partial charge in [-0.2, -0.15) is 0 Å². The maximum Gasteiger partial charge on any atom is 0.261 e. The Morgan fingerprint density at radius 3 is 2.27 bits per heavy atom. The average molecular weight is 490 g/mol. The molecule has 3 aromatic rings. The number of carbonyl (C=O) groups is 1. The number of halogens is 1. The summed E-state index contributed by atoms with van der Waals surface area (Å²) in [5.41, 5.74) is 2.33. The van der Waals surface area contributed by atoms with E-state index in [4.69, 9.17) is 0 Å². The number of nitrogens with one attached hydrogen (secondary N) is 2. The zero-order chi connectivity index (χ0) is 21.9. The first-order valence-electron chi connectivity index (χ1n) is 9.01. The number of sulfonamides is 1. The number of benzene rings is 2. The SMILES string of the molecule is Cc1cccc(C)c1NS(=O)(=O)c1ccc(NC(=O)Cn2cc(Br)ccc2=O)cc1. The lowest BCUT2D eigenvalue weighted by molar-refractivity contribution is -0.116. The minimum atomic E-state index is -3.78. The molecule has 0 radical (unpaired) electrons. The molecule has 0 aliphatic heterocycles. The van der Waals surface area contributed by atoms with Crippen molar-refractivity contribution >= 4 is 43.2 Å². The van der Waals surface area contributed by atoms with Crippen molar-refractivity contribution in [2.45, 2.75) is 25.3 Å². The molecular formula is C21H20BrN3O4S. The van der Waals surface area contributed by atoms with E-state index in [2.05, 4.69) is 26.0 Å². The van der Waals surface area contributed by atoms with Crippen LogP contribution in [-0.4, -0.2) is 18.9 Å². The summed E-state index contributed by atoms with van der Waals surface area (Å²) < 4.78 is 30.0. The van der Waals surface area contributed by atoms with Crippen molar-refractivity contribution in [2.24, 2.45) is 0 Å². The maximum absolute atomic E-state index is 12.7. The summed E-state index contributed by atoms with van der Waals surface area (Å²) >= 11 is 3.26. The topological polar surface area (TPSA) is 97.3 Å². The Kier molecular flexibility index (Phi) is 6.42. The first-order chi connectivity index (χ1) is 14.2. The highest BCUT2D eigenvalue weighted by Gasteiger charge is 2.16. The molecular weight excluding hydrogens is 470 g/mol. The van der Waals surface area contributed by atoms with Crippen LogP contribution in [0, 0.1) is 13.8 Å². The molecule has 0 aliphatic carbocycles. The Balaban J connectivity index is 1.72. The number of hydrogen-bond donors (Lipinski definition) is 2. The largest absolute Gasteiger partial charge is 0.325 e. The van der Waals surface area contributed by atoms with Gasteiger partial charge in [-0.05, 0) is 71.2 Å². The van der Waals surface area contributed by atoms with Crippen LogP contribution in [-0.2, 0) is 21.4 Å². The quantitative estimate of drug-likeness (QED) is 0.551. The maximum atomic E-state index is 12.7. The van der Waals surface area contributed by atoms with E-state index < -0.39 is 15.9 Å². The number of aromatic nitrogens is 1. The molecule has 0 atom stereocenters. The minimum Gasteiger partial charge on any atom is -0.325 e. The molecule has 30 heavy (non-hydrogen) atoms. The normalized spacial score (nSPS) is 11.2. The van der Waals surface area contributed by atoms with E-state index in [1.54, 1.807) is 6.07 Å². The van der Waals surface area contributed by atoms with Crippen molar-refractivity contribution in [2.75, 3.05) is 10.0 Å². The van der Waals surface area contributed by atoms with Crippen molar-refractivity contribution in [3.05, 3.63) is 86.7 Å². The van der Waals surface area contributed by atoms with Crippen molar-refractivity contribution in [1.29, 1.82) is 0 Å². The molecule has 2 N–H and O–H groups in total.